The number of halogens is 2. The third-order valence-electron chi connectivity index (χ3n) is 5.64. The molecule has 4 heterocycles. The summed E-state index contributed by atoms with van der Waals surface area (Å²) in [5.74, 6) is -0.623. The molecule has 0 aliphatic heterocycles. The van der Waals surface area contributed by atoms with Crippen molar-refractivity contribution in [2.45, 2.75) is 13.0 Å². The molecular formula is C23H16ClFN6O3S. The second-order valence-electron chi connectivity index (χ2n) is 7.64. The monoisotopic (exact) mass is 510 g/mol. The predicted octanol–water partition coefficient (Wildman–Crippen LogP) is 3.88. The lowest BCUT2D eigenvalue weighted by Gasteiger charge is -2.12. The summed E-state index contributed by atoms with van der Waals surface area (Å²) in [6, 6.07) is 6.26. The van der Waals surface area contributed by atoms with E-state index in [0.29, 0.717) is 26.9 Å². The number of hydrogen-bond acceptors (Lipinski definition) is 7. The Kier molecular flexibility index (Phi) is 5.62. The number of fused-ring (bicyclic) bond motifs is 2. The van der Waals surface area contributed by atoms with Gasteiger partial charge in [-0.05, 0) is 18.2 Å². The summed E-state index contributed by atoms with van der Waals surface area (Å²) in [7, 11) is 3.04. The quantitative estimate of drug-likeness (QED) is 0.355. The topological polar surface area (TPSA) is 108 Å². The molecule has 0 aliphatic carbocycles. The minimum absolute atomic E-state index is 0.00454. The number of rotatable bonds is 5. The standard InChI is InChI=1S/C23H16ClFN6O3S/c1-29-20-12(10-28-29)9-27-11-17(20)31-22(32)21-16(30(23(31)33)5-3-4-26)8-19(35-21)13-6-18(34-2)15(25)7-14(13)24/h6-11H,3,5H2,1-2H3. The van der Waals surface area contributed by atoms with Crippen LogP contribution in [-0.2, 0) is 13.6 Å². The molecule has 5 aromatic rings. The van der Waals surface area contributed by atoms with Gasteiger partial charge in [-0.15, -0.1) is 11.3 Å². The van der Waals surface area contributed by atoms with Gasteiger partial charge in [0.1, 0.15) is 4.70 Å². The van der Waals surface area contributed by atoms with Crippen molar-refractivity contribution < 1.29 is 9.13 Å². The molecule has 35 heavy (non-hydrogen) atoms. The highest BCUT2D eigenvalue weighted by atomic mass is 35.5. The van der Waals surface area contributed by atoms with E-state index in [4.69, 9.17) is 21.6 Å². The second kappa shape index (κ2) is 8.65. The number of aromatic nitrogens is 5. The number of benzene rings is 1. The summed E-state index contributed by atoms with van der Waals surface area (Å²) in [6.07, 6.45) is 4.68. The van der Waals surface area contributed by atoms with E-state index in [0.717, 1.165) is 22.0 Å². The van der Waals surface area contributed by atoms with Gasteiger partial charge in [0.25, 0.3) is 5.56 Å². The average molecular weight is 511 g/mol. The van der Waals surface area contributed by atoms with E-state index in [1.165, 1.54) is 23.9 Å². The molecule has 176 valence electrons. The Hall–Kier alpha value is -4.01. The highest BCUT2D eigenvalue weighted by Crippen LogP contribution is 2.39. The molecule has 0 bridgehead atoms. The first kappa shape index (κ1) is 22.8. The van der Waals surface area contributed by atoms with E-state index in [-0.39, 0.29) is 34.1 Å². The fraction of sp³-hybridized carbons (Fsp3) is 0.174. The summed E-state index contributed by atoms with van der Waals surface area (Å²) in [5, 5.41) is 14.2. The van der Waals surface area contributed by atoms with Crippen LogP contribution in [0.5, 0.6) is 5.75 Å². The van der Waals surface area contributed by atoms with Crippen LogP contribution in [0, 0.1) is 17.1 Å². The molecule has 1 aromatic carbocycles. The van der Waals surface area contributed by atoms with Gasteiger partial charge in [-0.2, -0.15) is 10.4 Å². The first-order valence-corrected chi connectivity index (χ1v) is 11.5. The molecule has 0 amide bonds. The van der Waals surface area contributed by atoms with E-state index in [2.05, 4.69) is 10.1 Å². The first-order chi connectivity index (χ1) is 16.8. The normalized spacial score (nSPS) is 11.3. The molecule has 0 N–H and O–H groups in total. The van der Waals surface area contributed by atoms with Crippen LogP contribution in [0.4, 0.5) is 4.39 Å². The van der Waals surface area contributed by atoms with Crippen LogP contribution in [0.25, 0.3) is 37.2 Å². The number of aryl methyl sites for hydroxylation is 2. The van der Waals surface area contributed by atoms with Crippen molar-refractivity contribution in [1.82, 2.24) is 23.9 Å². The molecule has 0 unspecified atom stereocenters. The molecule has 5 rings (SSSR count). The minimum Gasteiger partial charge on any atom is -0.494 e. The van der Waals surface area contributed by atoms with Gasteiger partial charge in [-0.1, -0.05) is 11.6 Å². The maximum atomic E-state index is 14.1. The van der Waals surface area contributed by atoms with E-state index in [1.54, 1.807) is 30.2 Å². The van der Waals surface area contributed by atoms with E-state index in [9.17, 15) is 14.0 Å². The summed E-state index contributed by atoms with van der Waals surface area (Å²) < 4.78 is 23.4. The third-order valence-corrected chi connectivity index (χ3v) is 7.10. The number of pyridine rings is 1. The maximum absolute atomic E-state index is 14.1. The van der Waals surface area contributed by atoms with Crippen molar-refractivity contribution >= 4 is 44.1 Å². The second-order valence-corrected chi connectivity index (χ2v) is 9.10. The fourth-order valence-electron chi connectivity index (χ4n) is 4.02. The van der Waals surface area contributed by atoms with Gasteiger partial charge in [0.05, 0.1) is 53.7 Å². The van der Waals surface area contributed by atoms with Crippen LogP contribution in [0.2, 0.25) is 5.02 Å². The van der Waals surface area contributed by atoms with Gasteiger partial charge in [0, 0.05) is 35.6 Å². The van der Waals surface area contributed by atoms with Gasteiger partial charge < -0.3 is 4.74 Å². The number of hydrogen-bond donors (Lipinski definition) is 0. The van der Waals surface area contributed by atoms with Crippen molar-refractivity contribution in [3.63, 3.8) is 0 Å². The number of thiophene rings is 1. The molecular weight excluding hydrogens is 495 g/mol. The van der Waals surface area contributed by atoms with E-state index >= 15 is 0 Å². The molecule has 0 aliphatic rings. The molecule has 0 radical (unpaired) electrons. The molecule has 0 fully saturated rings. The van der Waals surface area contributed by atoms with Crippen molar-refractivity contribution in [3.8, 4) is 27.9 Å². The Morgan fingerprint density at radius 1 is 1.23 bits per heavy atom. The van der Waals surface area contributed by atoms with Crippen LogP contribution in [-0.4, -0.2) is 31.0 Å². The summed E-state index contributed by atoms with van der Waals surface area (Å²) in [5.41, 5.74) is 0.494. The van der Waals surface area contributed by atoms with Crippen molar-refractivity contribution in [1.29, 1.82) is 5.26 Å². The molecule has 4 aromatic heterocycles. The Morgan fingerprint density at radius 3 is 2.77 bits per heavy atom. The highest BCUT2D eigenvalue weighted by Gasteiger charge is 2.22. The zero-order valence-corrected chi connectivity index (χ0v) is 20.0. The lowest BCUT2D eigenvalue weighted by Crippen LogP contribution is -2.38. The largest absolute Gasteiger partial charge is 0.494 e. The zero-order valence-electron chi connectivity index (χ0n) is 18.5. The van der Waals surface area contributed by atoms with Crippen molar-refractivity contribution in [3.05, 3.63) is 68.5 Å². The minimum atomic E-state index is -0.618. The SMILES string of the molecule is COc1cc(-c2cc3c(s2)c(=O)n(-c2cncc4cnn(C)c24)c(=O)n3CCC#N)c(Cl)cc1F. The molecule has 0 saturated carbocycles. The molecule has 0 atom stereocenters. The molecule has 9 nitrogen and oxygen atoms in total. The third kappa shape index (κ3) is 3.58. The smallest absolute Gasteiger partial charge is 0.336 e. The zero-order chi connectivity index (χ0) is 24.9. The molecule has 12 heteroatoms. The van der Waals surface area contributed by atoms with Gasteiger partial charge >= 0.3 is 5.69 Å². The van der Waals surface area contributed by atoms with Crippen molar-refractivity contribution in [2.24, 2.45) is 7.05 Å². The predicted molar refractivity (Wildman–Crippen MR) is 131 cm³/mol. The molecule has 0 saturated heterocycles. The van der Waals surface area contributed by atoms with Crippen LogP contribution < -0.4 is 16.0 Å². The summed E-state index contributed by atoms with van der Waals surface area (Å²) in [4.78, 5) is 32.0. The maximum Gasteiger partial charge on any atom is 0.336 e. The van der Waals surface area contributed by atoms with Gasteiger partial charge in [-0.25, -0.2) is 13.8 Å². The van der Waals surface area contributed by atoms with Crippen LogP contribution >= 0.6 is 22.9 Å². The average Bonchev–Trinajstić information content (AvgIpc) is 3.44. The number of ether oxygens (including phenoxy) is 1. The van der Waals surface area contributed by atoms with Gasteiger partial charge in [0.2, 0.25) is 0 Å². The Bertz CT molecular complexity index is 1800. The van der Waals surface area contributed by atoms with E-state index < -0.39 is 17.1 Å². The van der Waals surface area contributed by atoms with E-state index in [1.807, 2.05) is 6.07 Å². The summed E-state index contributed by atoms with van der Waals surface area (Å²) >= 11 is 7.42. The highest BCUT2D eigenvalue weighted by molar-refractivity contribution is 7.22. The van der Waals surface area contributed by atoms with Crippen molar-refractivity contribution in [2.75, 3.05) is 7.11 Å². The lowest BCUT2D eigenvalue weighted by atomic mass is 10.1. The fourth-order valence-corrected chi connectivity index (χ4v) is 5.45. The Labute approximate surface area is 205 Å². The molecule has 0 spiro atoms. The van der Waals surface area contributed by atoms with Crippen LogP contribution in [0.3, 0.4) is 0 Å². The first-order valence-electron chi connectivity index (χ1n) is 10.3. The Balaban J connectivity index is 1.86. The lowest BCUT2D eigenvalue weighted by molar-refractivity contribution is 0.387. The van der Waals surface area contributed by atoms with Gasteiger partial charge in [-0.3, -0.25) is 19.0 Å². The number of nitriles is 1. The number of methoxy groups -OCH3 is 1. The number of nitrogens with zero attached hydrogens (tertiary/aromatic N) is 6. The van der Waals surface area contributed by atoms with Crippen LogP contribution in [0.15, 0.2) is 46.4 Å². The van der Waals surface area contributed by atoms with Gasteiger partial charge in [0.15, 0.2) is 11.6 Å². The van der Waals surface area contributed by atoms with Crippen LogP contribution in [0.1, 0.15) is 6.42 Å². The summed E-state index contributed by atoms with van der Waals surface area (Å²) in [6.45, 7) is 0.0670. The Morgan fingerprint density at radius 2 is 2.03 bits per heavy atom.